The standard InChI is InChI=1S/C20H28N4O2/c1-25-19-9-3-7-17(21-19)15-23-11-5-13-24(14-6-12-23)16-18-8-4-10-20(22-18)26-2/h3-4,7-10H,5-6,11-16H2,1-2H3. The molecule has 0 saturated carbocycles. The molecule has 26 heavy (non-hydrogen) atoms. The smallest absolute Gasteiger partial charge is 0.213 e. The Bertz CT molecular complexity index is 628. The van der Waals surface area contributed by atoms with Gasteiger partial charge in [-0.05, 0) is 51.2 Å². The molecule has 6 nitrogen and oxygen atoms in total. The Balaban J connectivity index is 1.50. The number of hydrogen-bond donors (Lipinski definition) is 0. The van der Waals surface area contributed by atoms with Crippen molar-refractivity contribution >= 4 is 0 Å². The van der Waals surface area contributed by atoms with E-state index in [1.807, 2.05) is 24.3 Å². The van der Waals surface area contributed by atoms with E-state index in [2.05, 4.69) is 31.9 Å². The Hall–Kier alpha value is -2.18. The van der Waals surface area contributed by atoms with Gasteiger partial charge in [-0.2, -0.15) is 0 Å². The summed E-state index contributed by atoms with van der Waals surface area (Å²) in [5.41, 5.74) is 2.14. The lowest BCUT2D eigenvalue weighted by Crippen LogP contribution is -2.36. The second-order valence-corrected chi connectivity index (χ2v) is 6.60. The lowest BCUT2D eigenvalue weighted by atomic mass is 10.2. The van der Waals surface area contributed by atoms with E-state index in [0.717, 1.165) is 63.5 Å². The van der Waals surface area contributed by atoms with Gasteiger partial charge in [0.15, 0.2) is 0 Å². The molecule has 6 heteroatoms. The normalized spacial score (nSPS) is 16.7. The van der Waals surface area contributed by atoms with Crippen LogP contribution in [0.1, 0.15) is 24.2 Å². The number of pyridine rings is 2. The molecule has 0 bridgehead atoms. The van der Waals surface area contributed by atoms with E-state index in [-0.39, 0.29) is 0 Å². The number of methoxy groups -OCH3 is 2. The molecule has 0 aromatic carbocycles. The highest BCUT2D eigenvalue weighted by Gasteiger charge is 2.15. The summed E-state index contributed by atoms with van der Waals surface area (Å²) in [4.78, 5) is 14.0. The van der Waals surface area contributed by atoms with Crippen molar-refractivity contribution in [2.75, 3.05) is 40.4 Å². The SMILES string of the molecule is COc1cccc(CN2CCCN(Cc3cccc(OC)n3)CCC2)n1. The van der Waals surface area contributed by atoms with Crippen molar-refractivity contribution < 1.29 is 9.47 Å². The molecule has 2 aromatic rings. The van der Waals surface area contributed by atoms with Crippen molar-refractivity contribution in [3.05, 3.63) is 47.8 Å². The number of nitrogens with zero attached hydrogens (tertiary/aromatic N) is 4. The Morgan fingerprint density at radius 3 is 1.54 bits per heavy atom. The third-order valence-corrected chi connectivity index (χ3v) is 4.65. The van der Waals surface area contributed by atoms with Crippen molar-refractivity contribution in [1.82, 2.24) is 19.8 Å². The van der Waals surface area contributed by atoms with Crippen LogP contribution in [0.2, 0.25) is 0 Å². The molecule has 2 aromatic heterocycles. The van der Waals surface area contributed by atoms with Gasteiger partial charge in [0, 0.05) is 25.2 Å². The van der Waals surface area contributed by atoms with Gasteiger partial charge in [0.05, 0.1) is 25.6 Å². The molecule has 0 aliphatic carbocycles. The molecule has 0 unspecified atom stereocenters. The summed E-state index contributed by atoms with van der Waals surface area (Å²) in [7, 11) is 3.32. The molecule has 0 radical (unpaired) electrons. The minimum absolute atomic E-state index is 0.687. The first-order valence-electron chi connectivity index (χ1n) is 9.21. The molecular weight excluding hydrogens is 328 g/mol. The van der Waals surface area contributed by atoms with Crippen LogP contribution >= 0.6 is 0 Å². The molecule has 140 valence electrons. The second kappa shape index (κ2) is 9.50. The maximum Gasteiger partial charge on any atom is 0.213 e. The quantitative estimate of drug-likeness (QED) is 0.793. The predicted octanol–water partition coefficient (Wildman–Crippen LogP) is 2.59. The topological polar surface area (TPSA) is 50.7 Å². The molecule has 0 N–H and O–H groups in total. The van der Waals surface area contributed by atoms with Gasteiger partial charge in [0.25, 0.3) is 0 Å². The summed E-state index contributed by atoms with van der Waals surface area (Å²) in [5, 5.41) is 0. The van der Waals surface area contributed by atoms with Crippen LogP contribution in [-0.4, -0.2) is 60.2 Å². The van der Waals surface area contributed by atoms with Gasteiger partial charge < -0.3 is 9.47 Å². The fraction of sp³-hybridized carbons (Fsp3) is 0.500. The van der Waals surface area contributed by atoms with Gasteiger partial charge in [-0.1, -0.05) is 12.1 Å². The fourth-order valence-corrected chi connectivity index (χ4v) is 3.35. The van der Waals surface area contributed by atoms with Crippen molar-refractivity contribution in [2.24, 2.45) is 0 Å². The van der Waals surface area contributed by atoms with Crippen LogP contribution in [0.3, 0.4) is 0 Å². The maximum absolute atomic E-state index is 5.22. The van der Waals surface area contributed by atoms with Crippen LogP contribution in [0.4, 0.5) is 0 Å². The van der Waals surface area contributed by atoms with E-state index >= 15 is 0 Å². The van der Waals surface area contributed by atoms with Crippen LogP contribution in [0.15, 0.2) is 36.4 Å². The summed E-state index contributed by atoms with van der Waals surface area (Å²) < 4.78 is 10.4. The van der Waals surface area contributed by atoms with Gasteiger partial charge in [0.2, 0.25) is 11.8 Å². The highest BCUT2D eigenvalue weighted by atomic mass is 16.5. The zero-order valence-electron chi connectivity index (χ0n) is 15.7. The molecule has 1 saturated heterocycles. The molecule has 0 atom stereocenters. The third-order valence-electron chi connectivity index (χ3n) is 4.65. The number of hydrogen-bond acceptors (Lipinski definition) is 6. The minimum Gasteiger partial charge on any atom is -0.481 e. The first-order chi connectivity index (χ1) is 12.8. The van der Waals surface area contributed by atoms with Crippen molar-refractivity contribution in [3.8, 4) is 11.8 Å². The van der Waals surface area contributed by atoms with Gasteiger partial charge in [-0.15, -0.1) is 0 Å². The first-order valence-corrected chi connectivity index (χ1v) is 9.21. The summed E-state index contributed by atoms with van der Waals surface area (Å²) in [5.74, 6) is 1.37. The highest BCUT2D eigenvalue weighted by Crippen LogP contribution is 2.14. The van der Waals surface area contributed by atoms with Gasteiger partial charge in [0.1, 0.15) is 0 Å². The van der Waals surface area contributed by atoms with E-state index in [0.29, 0.717) is 11.8 Å². The molecular formula is C20H28N4O2. The van der Waals surface area contributed by atoms with Crippen molar-refractivity contribution in [1.29, 1.82) is 0 Å². The van der Waals surface area contributed by atoms with Gasteiger partial charge in [-0.25, -0.2) is 9.97 Å². The van der Waals surface area contributed by atoms with Gasteiger partial charge >= 0.3 is 0 Å². The number of ether oxygens (including phenoxy) is 2. The molecule has 0 amide bonds. The van der Waals surface area contributed by atoms with E-state index in [1.165, 1.54) is 0 Å². The molecule has 0 spiro atoms. The lowest BCUT2D eigenvalue weighted by molar-refractivity contribution is 0.170. The molecule has 1 aliphatic heterocycles. The monoisotopic (exact) mass is 356 g/mol. The zero-order chi connectivity index (χ0) is 18.2. The van der Waals surface area contributed by atoms with Crippen molar-refractivity contribution in [3.63, 3.8) is 0 Å². The van der Waals surface area contributed by atoms with Crippen LogP contribution in [0, 0.1) is 0 Å². The average Bonchev–Trinajstić information content (AvgIpc) is 2.66. The van der Waals surface area contributed by atoms with Gasteiger partial charge in [-0.3, -0.25) is 9.80 Å². The molecule has 1 fully saturated rings. The summed E-state index contributed by atoms with van der Waals surface area (Å²) in [6.07, 6.45) is 2.29. The third kappa shape index (κ3) is 5.41. The Labute approximate surface area is 155 Å². The Morgan fingerprint density at radius 1 is 0.731 bits per heavy atom. The number of rotatable bonds is 6. The predicted molar refractivity (Wildman–Crippen MR) is 101 cm³/mol. The Kier molecular flexibility index (Phi) is 6.80. The van der Waals surface area contributed by atoms with E-state index in [9.17, 15) is 0 Å². The average molecular weight is 356 g/mol. The minimum atomic E-state index is 0.687. The Morgan fingerprint density at radius 2 is 1.15 bits per heavy atom. The zero-order valence-corrected chi connectivity index (χ0v) is 15.7. The summed E-state index contributed by atoms with van der Waals surface area (Å²) in [6, 6.07) is 11.9. The molecule has 1 aliphatic rings. The van der Waals surface area contributed by atoms with Crippen LogP contribution in [0.25, 0.3) is 0 Å². The van der Waals surface area contributed by atoms with Crippen LogP contribution < -0.4 is 9.47 Å². The van der Waals surface area contributed by atoms with E-state index in [4.69, 9.17) is 9.47 Å². The molecule has 3 heterocycles. The molecule has 3 rings (SSSR count). The largest absolute Gasteiger partial charge is 0.481 e. The summed E-state index contributed by atoms with van der Waals surface area (Å²) >= 11 is 0. The van der Waals surface area contributed by atoms with Crippen LogP contribution in [0.5, 0.6) is 11.8 Å². The first kappa shape index (κ1) is 18.6. The van der Waals surface area contributed by atoms with E-state index in [1.54, 1.807) is 14.2 Å². The number of aromatic nitrogens is 2. The second-order valence-electron chi connectivity index (χ2n) is 6.60. The fourth-order valence-electron chi connectivity index (χ4n) is 3.35. The maximum atomic E-state index is 5.22. The summed E-state index contributed by atoms with van der Waals surface area (Å²) in [6.45, 7) is 6.10. The van der Waals surface area contributed by atoms with Crippen molar-refractivity contribution in [2.45, 2.75) is 25.9 Å². The highest BCUT2D eigenvalue weighted by molar-refractivity contribution is 5.16. The lowest BCUT2D eigenvalue weighted by Gasteiger charge is -2.30. The van der Waals surface area contributed by atoms with Crippen LogP contribution in [-0.2, 0) is 13.1 Å². The van der Waals surface area contributed by atoms with E-state index < -0.39 is 0 Å².